The number of nitriles is 1. The number of aryl methyl sites for hydroxylation is 2. The minimum atomic E-state index is 0.290. The number of aromatic nitrogens is 1. The summed E-state index contributed by atoms with van der Waals surface area (Å²) in [4.78, 5) is 12.9. The second-order valence-corrected chi connectivity index (χ2v) is 8.29. The Bertz CT molecular complexity index is 847. The summed E-state index contributed by atoms with van der Waals surface area (Å²) >= 11 is 1.71. The number of rotatable bonds is 5. The van der Waals surface area contributed by atoms with Crippen molar-refractivity contribution in [3.8, 4) is 6.07 Å². The monoisotopic (exact) mass is 396 g/mol. The highest BCUT2D eigenvalue weighted by Gasteiger charge is 2.22. The van der Waals surface area contributed by atoms with Gasteiger partial charge in [-0.05, 0) is 45.7 Å². The smallest absolute Gasteiger partial charge is 0.191 e. The molecule has 1 unspecified atom stereocenters. The fraction of sp³-hybridized carbons (Fsp3) is 0.476. The Hall–Kier alpha value is -2.59. The maximum atomic E-state index is 9.40. The molecular formula is C21H28N6S. The van der Waals surface area contributed by atoms with Gasteiger partial charge in [-0.1, -0.05) is 12.1 Å². The fourth-order valence-electron chi connectivity index (χ4n) is 3.42. The molecule has 7 heteroatoms. The van der Waals surface area contributed by atoms with E-state index in [-0.39, 0.29) is 6.04 Å². The molecule has 1 aromatic heterocycles. The summed E-state index contributed by atoms with van der Waals surface area (Å²) in [5.74, 6) is 0.827. The van der Waals surface area contributed by atoms with Crippen molar-refractivity contribution in [1.29, 1.82) is 5.26 Å². The molecule has 3 rings (SSSR count). The van der Waals surface area contributed by atoms with Crippen LogP contribution in [0.4, 0.5) is 5.69 Å². The van der Waals surface area contributed by atoms with E-state index in [2.05, 4.69) is 40.4 Å². The van der Waals surface area contributed by atoms with Gasteiger partial charge in [0.25, 0.3) is 0 Å². The van der Waals surface area contributed by atoms with E-state index in [9.17, 15) is 5.26 Å². The summed E-state index contributed by atoms with van der Waals surface area (Å²) in [6.45, 7) is 9.45. The van der Waals surface area contributed by atoms with Gasteiger partial charge in [0.05, 0.1) is 23.5 Å². The lowest BCUT2D eigenvalue weighted by atomic mass is 10.0. The Kier molecular flexibility index (Phi) is 6.88. The Balaban J connectivity index is 1.67. The predicted molar refractivity (Wildman–Crippen MR) is 116 cm³/mol. The lowest BCUT2D eigenvalue weighted by Crippen LogP contribution is -2.51. The summed E-state index contributed by atoms with van der Waals surface area (Å²) in [7, 11) is 0. The van der Waals surface area contributed by atoms with Crippen LogP contribution in [0.15, 0.2) is 29.3 Å². The number of hydrogen-bond donors (Lipinski definition) is 2. The quantitative estimate of drug-likeness (QED) is 0.599. The van der Waals surface area contributed by atoms with Crippen LogP contribution in [0.2, 0.25) is 0 Å². The van der Waals surface area contributed by atoms with E-state index in [1.807, 2.05) is 31.2 Å². The van der Waals surface area contributed by atoms with Crippen molar-refractivity contribution in [2.75, 3.05) is 24.5 Å². The lowest BCUT2D eigenvalue weighted by Gasteiger charge is -2.35. The van der Waals surface area contributed by atoms with Gasteiger partial charge in [0.1, 0.15) is 11.1 Å². The molecule has 6 nitrogen and oxygen atoms in total. The van der Waals surface area contributed by atoms with Crippen LogP contribution >= 0.6 is 11.3 Å². The van der Waals surface area contributed by atoms with Crippen molar-refractivity contribution < 1.29 is 0 Å². The first-order valence-corrected chi connectivity index (χ1v) is 10.6. The first-order valence-electron chi connectivity index (χ1n) is 9.82. The van der Waals surface area contributed by atoms with E-state index in [0.717, 1.165) is 60.4 Å². The van der Waals surface area contributed by atoms with E-state index in [4.69, 9.17) is 4.99 Å². The van der Waals surface area contributed by atoms with E-state index in [1.54, 1.807) is 11.3 Å². The van der Waals surface area contributed by atoms with Gasteiger partial charge in [-0.3, -0.25) is 0 Å². The molecule has 148 valence electrons. The van der Waals surface area contributed by atoms with Crippen molar-refractivity contribution in [2.45, 2.75) is 46.2 Å². The largest absolute Gasteiger partial charge is 0.368 e. The van der Waals surface area contributed by atoms with Gasteiger partial charge >= 0.3 is 0 Å². The molecule has 0 spiro atoms. The molecule has 1 aliphatic rings. The van der Waals surface area contributed by atoms with Crippen LogP contribution in [0.5, 0.6) is 0 Å². The third kappa shape index (κ3) is 5.02. The SMILES string of the molecule is CCNC(=NCc1nc(C)c(C)s1)NC1CCCN(c2ccccc2C#N)C1. The standard InChI is InChI=1S/C21H28N6S/c1-4-23-21(24-13-20-25-15(2)16(3)28-20)26-18-9-7-11-27(14-18)19-10-6-5-8-17(19)12-22/h5-6,8,10,18H,4,7,9,11,13-14H2,1-3H3,(H2,23,24,26). The predicted octanol–water partition coefficient (Wildman–Crippen LogP) is 3.36. The van der Waals surface area contributed by atoms with Gasteiger partial charge in [0.15, 0.2) is 5.96 Å². The van der Waals surface area contributed by atoms with Crippen LogP contribution in [-0.4, -0.2) is 36.6 Å². The van der Waals surface area contributed by atoms with Gasteiger partial charge in [0, 0.05) is 30.6 Å². The summed E-state index contributed by atoms with van der Waals surface area (Å²) < 4.78 is 0. The molecule has 0 radical (unpaired) electrons. The zero-order valence-corrected chi connectivity index (χ0v) is 17.6. The number of thiazole rings is 1. The van der Waals surface area contributed by atoms with Crippen molar-refractivity contribution in [1.82, 2.24) is 15.6 Å². The molecule has 2 aromatic rings. The molecule has 0 bridgehead atoms. The Morgan fingerprint density at radius 1 is 1.39 bits per heavy atom. The number of aliphatic imine (C=N–C) groups is 1. The third-order valence-corrected chi connectivity index (χ3v) is 5.97. The molecule has 1 aliphatic heterocycles. The molecule has 1 aromatic carbocycles. The van der Waals surface area contributed by atoms with Gasteiger partial charge in [-0.15, -0.1) is 11.3 Å². The number of anilines is 1. The second kappa shape index (κ2) is 9.56. The highest BCUT2D eigenvalue weighted by molar-refractivity contribution is 7.11. The molecule has 1 fully saturated rings. The molecule has 1 saturated heterocycles. The van der Waals surface area contributed by atoms with Crippen LogP contribution in [0, 0.1) is 25.2 Å². The lowest BCUT2D eigenvalue weighted by molar-refractivity contribution is 0.468. The van der Waals surface area contributed by atoms with E-state index in [1.165, 1.54) is 4.88 Å². The molecular weight excluding hydrogens is 368 g/mol. The molecule has 2 heterocycles. The Morgan fingerprint density at radius 3 is 2.93 bits per heavy atom. The number of nitrogens with zero attached hydrogens (tertiary/aromatic N) is 4. The average Bonchev–Trinajstić information content (AvgIpc) is 3.04. The maximum Gasteiger partial charge on any atom is 0.191 e. The van der Waals surface area contributed by atoms with Crippen LogP contribution in [0.25, 0.3) is 0 Å². The number of nitrogens with one attached hydrogen (secondary N) is 2. The molecule has 2 N–H and O–H groups in total. The minimum Gasteiger partial charge on any atom is -0.368 e. The van der Waals surface area contributed by atoms with E-state index in [0.29, 0.717) is 6.54 Å². The minimum absolute atomic E-state index is 0.290. The van der Waals surface area contributed by atoms with Gasteiger partial charge in [0.2, 0.25) is 0 Å². The number of guanidine groups is 1. The highest BCUT2D eigenvalue weighted by Crippen LogP contribution is 2.23. The normalized spacial score (nSPS) is 17.3. The molecule has 0 saturated carbocycles. The van der Waals surface area contributed by atoms with Crippen molar-refractivity contribution >= 4 is 23.0 Å². The number of hydrogen-bond acceptors (Lipinski definition) is 5. The van der Waals surface area contributed by atoms with E-state index >= 15 is 0 Å². The van der Waals surface area contributed by atoms with Crippen LogP contribution in [0.1, 0.15) is 40.9 Å². The van der Waals surface area contributed by atoms with Crippen LogP contribution < -0.4 is 15.5 Å². The first kappa shape index (κ1) is 20.2. The highest BCUT2D eigenvalue weighted by atomic mass is 32.1. The van der Waals surface area contributed by atoms with Crippen LogP contribution in [-0.2, 0) is 6.54 Å². The second-order valence-electron chi connectivity index (χ2n) is 7.00. The van der Waals surface area contributed by atoms with Crippen molar-refractivity contribution in [3.63, 3.8) is 0 Å². The Labute approximate surface area is 171 Å². The van der Waals surface area contributed by atoms with Gasteiger partial charge in [-0.25, -0.2) is 9.98 Å². The summed E-state index contributed by atoms with van der Waals surface area (Å²) in [5.41, 5.74) is 2.85. The van der Waals surface area contributed by atoms with E-state index < -0.39 is 0 Å². The third-order valence-electron chi connectivity index (χ3n) is 4.92. The zero-order chi connectivity index (χ0) is 19.9. The molecule has 1 atom stereocenters. The Morgan fingerprint density at radius 2 is 2.21 bits per heavy atom. The molecule has 0 aliphatic carbocycles. The average molecular weight is 397 g/mol. The molecule has 28 heavy (non-hydrogen) atoms. The zero-order valence-electron chi connectivity index (χ0n) is 16.8. The molecule has 0 amide bonds. The summed E-state index contributed by atoms with van der Waals surface area (Å²) in [6.07, 6.45) is 2.17. The summed E-state index contributed by atoms with van der Waals surface area (Å²) in [6, 6.07) is 10.4. The first-order chi connectivity index (χ1) is 13.6. The summed E-state index contributed by atoms with van der Waals surface area (Å²) in [5, 5.41) is 17.4. The fourth-order valence-corrected chi connectivity index (χ4v) is 4.28. The van der Waals surface area contributed by atoms with Gasteiger partial charge in [-0.2, -0.15) is 5.26 Å². The number of para-hydroxylation sites is 1. The van der Waals surface area contributed by atoms with Crippen molar-refractivity contribution in [2.24, 2.45) is 4.99 Å². The maximum absolute atomic E-state index is 9.40. The number of piperidine rings is 1. The van der Waals surface area contributed by atoms with Gasteiger partial charge < -0.3 is 15.5 Å². The topological polar surface area (TPSA) is 76.3 Å². The van der Waals surface area contributed by atoms with Crippen molar-refractivity contribution in [3.05, 3.63) is 45.4 Å². The number of benzene rings is 1. The van der Waals surface area contributed by atoms with Crippen LogP contribution in [0.3, 0.4) is 0 Å².